The van der Waals surface area contributed by atoms with Crippen molar-refractivity contribution < 1.29 is 14.4 Å². The Balaban J connectivity index is 1.05. The van der Waals surface area contributed by atoms with E-state index < -0.39 is 0 Å². The molecular formula is C28H31N5O3. The molecule has 36 heavy (non-hydrogen) atoms. The van der Waals surface area contributed by atoms with Crippen molar-refractivity contribution in [2.24, 2.45) is 23.7 Å². The molecule has 4 unspecified atom stereocenters. The van der Waals surface area contributed by atoms with E-state index in [0.29, 0.717) is 5.69 Å². The molecule has 2 bridgehead atoms. The highest BCUT2D eigenvalue weighted by Gasteiger charge is 2.59. The van der Waals surface area contributed by atoms with Crippen LogP contribution in [0.1, 0.15) is 12.0 Å². The Bertz CT molecular complexity index is 1160. The standard InChI is InChI=1S/C28H31N5O3/c34-24(18-33-27(35)25-20-5-6-21(17-20)26(25)28(33)36)30-22-3-1-2-4-23(22)32-15-13-31(14-16-32)12-9-19-7-10-29-11-8-19/h1-8,10-11,20-21,25-26H,9,12-18H2,(H,30,34). The Kier molecular flexibility index (Phi) is 6.05. The molecule has 2 aliphatic carbocycles. The van der Waals surface area contributed by atoms with Crippen molar-refractivity contribution in [2.45, 2.75) is 12.8 Å². The van der Waals surface area contributed by atoms with E-state index in [0.717, 1.165) is 51.3 Å². The van der Waals surface area contributed by atoms with Crippen molar-refractivity contribution in [1.82, 2.24) is 14.8 Å². The first-order valence-electron chi connectivity index (χ1n) is 12.9. The minimum Gasteiger partial charge on any atom is -0.367 e. The molecule has 2 aromatic rings. The number of amides is 3. The highest BCUT2D eigenvalue weighted by molar-refractivity contribution is 6.10. The number of rotatable bonds is 7. The summed E-state index contributed by atoms with van der Waals surface area (Å²) in [4.78, 5) is 48.9. The maximum atomic E-state index is 13.0. The summed E-state index contributed by atoms with van der Waals surface area (Å²) in [6, 6.07) is 11.9. The predicted molar refractivity (Wildman–Crippen MR) is 136 cm³/mol. The van der Waals surface area contributed by atoms with Crippen molar-refractivity contribution >= 4 is 29.1 Å². The average molecular weight is 486 g/mol. The minimum absolute atomic E-state index is 0.147. The summed E-state index contributed by atoms with van der Waals surface area (Å²) in [6.45, 7) is 4.41. The van der Waals surface area contributed by atoms with Crippen LogP contribution in [-0.2, 0) is 20.8 Å². The third kappa shape index (κ3) is 4.19. The fourth-order valence-corrected chi connectivity index (χ4v) is 6.36. The van der Waals surface area contributed by atoms with Crippen molar-refractivity contribution in [3.05, 3.63) is 66.5 Å². The second-order valence-corrected chi connectivity index (χ2v) is 10.3. The lowest BCUT2D eigenvalue weighted by molar-refractivity contribution is -0.143. The van der Waals surface area contributed by atoms with Gasteiger partial charge < -0.3 is 10.2 Å². The number of carbonyl (C=O) groups is 3. The van der Waals surface area contributed by atoms with Gasteiger partial charge in [-0.2, -0.15) is 0 Å². The summed E-state index contributed by atoms with van der Waals surface area (Å²) in [5, 5.41) is 2.98. The summed E-state index contributed by atoms with van der Waals surface area (Å²) in [5.41, 5.74) is 2.98. The summed E-state index contributed by atoms with van der Waals surface area (Å²) in [6.07, 6.45) is 9.69. The van der Waals surface area contributed by atoms with Gasteiger partial charge in [0.2, 0.25) is 17.7 Å². The molecule has 1 saturated carbocycles. The lowest BCUT2D eigenvalue weighted by Crippen LogP contribution is -2.47. The zero-order valence-corrected chi connectivity index (χ0v) is 20.3. The Morgan fingerprint density at radius 3 is 2.28 bits per heavy atom. The van der Waals surface area contributed by atoms with Crippen molar-refractivity contribution in [2.75, 3.05) is 49.5 Å². The van der Waals surface area contributed by atoms with E-state index in [1.54, 1.807) is 0 Å². The molecule has 4 atom stereocenters. The molecule has 4 aliphatic rings. The molecule has 3 fully saturated rings. The van der Waals surface area contributed by atoms with Gasteiger partial charge in [0, 0.05) is 45.1 Å². The van der Waals surface area contributed by atoms with E-state index in [2.05, 4.69) is 44.4 Å². The molecule has 3 heterocycles. The van der Waals surface area contributed by atoms with Gasteiger partial charge in [-0.3, -0.25) is 29.2 Å². The molecule has 0 radical (unpaired) electrons. The lowest BCUT2D eigenvalue weighted by atomic mass is 9.85. The smallest absolute Gasteiger partial charge is 0.244 e. The van der Waals surface area contributed by atoms with Crippen LogP contribution in [0.4, 0.5) is 11.4 Å². The van der Waals surface area contributed by atoms with E-state index in [-0.39, 0.29) is 47.9 Å². The summed E-state index contributed by atoms with van der Waals surface area (Å²) >= 11 is 0. The van der Waals surface area contributed by atoms with Crippen LogP contribution in [0.2, 0.25) is 0 Å². The number of hydrogen-bond donors (Lipinski definition) is 1. The Morgan fingerprint density at radius 1 is 0.917 bits per heavy atom. The molecule has 186 valence electrons. The summed E-state index contributed by atoms with van der Waals surface area (Å²) in [5.74, 6) is -0.964. The highest BCUT2D eigenvalue weighted by atomic mass is 16.2. The zero-order valence-electron chi connectivity index (χ0n) is 20.3. The molecule has 8 heteroatoms. The number of aromatic nitrogens is 1. The van der Waals surface area contributed by atoms with Crippen LogP contribution in [0.15, 0.2) is 60.9 Å². The Labute approximate surface area is 211 Å². The van der Waals surface area contributed by atoms with Gasteiger partial charge in [-0.25, -0.2) is 0 Å². The summed E-state index contributed by atoms with van der Waals surface area (Å²) in [7, 11) is 0. The zero-order chi connectivity index (χ0) is 24.6. The SMILES string of the molecule is O=C(CN1C(=O)C2C3C=CC(C3)C2C1=O)Nc1ccccc1N1CCN(CCc2ccncc2)CC1. The number of anilines is 2. The maximum Gasteiger partial charge on any atom is 0.244 e. The monoisotopic (exact) mass is 485 g/mol. The number of piperazine rings is 1. The number of nitrogens with zero attached hydrogens (tertiary/aromatic N) is 4. The van der Waals surface area contributed by atoms with Gasteiger partial charge in [0.25, 0.3) is 0 Å². The quantitative estimate of drug-likeness (QED) is 0.478. The largest absolute Gasteiger partial charge is 0.367 e. The molecule has 8 nitrogen and oxygen atoms in total. The number of nitrogens with one attached hydrogen (secondary N) is 1. The van der Waals surface area contributed by atoms with E-state index in [9.17, 15) is 14.4 Å². The summed E-state index contributed by atoms with van der Waals surface area (Å²) < 4.78 is 0. The fourth-order valence-electron chi connectivity index (χ4n) is 6.36. The molecule has 2 aliphatic heterocycles. The number of pyridine rings is 1. The first-order valence-corrected chi connectivity index (χ1v) is 12.9. The normalized spacial score (nSPS) is 27.1. The topological polar surface area (TPSA) is 85.8 Å². The predicted octanol–water partition coefficient (Wildman–Crippen LogP) is 2.19. The van der Waals surface area contributed by atoms with Gasteiger partial charge in [0.1, 0.15) is 6.54 Å². The van der Waals surface area contributed by atoms with Gasteiger partial charge in [0.15, 0.2) is 0 Å². The molecule has 6 rings (SSSR count). The molecule has 3 amide bonds. The number of para-hydroxylation sites is 2. The second kappa shape index (κ2) is 9.50. The number of likely N-dealkylation sites (tertiary alicyclic amines) is 1. The van der Waals surface area contributed by atoms with Gasteiger partial charge in [0.05, 0.1) is 23.2 Å². The van der Waals surface area contributed by atoms with E-state index in [4.69, 9.17) is 0 Å². The van der Waals surface area contributed by atoms with Crippen LogP contribution < -0.4 is 10.2 Å². The Morgan fingerprint density at radius 2 is 1.58 bits per heavy atom. The van der Waals surface area contributed by atoms with Gasteiger partial charge in [-0.1, -0.05) is 24.3 Å². The van der Waals surface area contributed by atoms with Gasteiger partial charge >= 0.3 is 0 Å². The lowest BCUT2D eigenvalue weighted by Gasteiger charge is -2.37. The number of allylic oxidation sites excluding steroid dienone is 2. The number of imide groups is 1. The van der Waals surface area contributed by atoms with Crippen LogP contribution in [0, 0.1) is 23.7 Å². The number of fused-ring (bicyclic) bond motifs is 5. The first-order chi connectivity index (χ1) is 17.6. The van der Waals surface area contributed by atoms with Gasteiger partial charge in [-0.05, 0) is 54.5 Å². The van der Waals surface area contributed by atoms with Crippen LogP contribution in [0.25, 0.3) is 0 Å². The molecule has 1 aromatic heterocycles. The fraction of sp³-hybridized carbons (Fsp3) is 0.429. The van der Waals surface area contributed by atoms with Crippen molar-refractivity contribution in [1.29, 1.82) is 0 Å². The number of benzene rings is 1. The second-order valence-electron chi connectivity index (χ2n) is 10.3. The van der Waals surface area contributed by atoms with E-state index >= 15 is 0 Å². The van der Waals surface area contributed by atoms with Crippen LogP contribution in [0.3, 0.4) is 0 Å². The van der Waals surface area contributed by atoms with Crippen LogP contribution in [-0.4, -0.2) is 71.8 Å². The Hall–Kier alpha value is -3.52. The van der Waals surface area contributed by atoms with Crippen molar-refractivity contribution in [3.63, 3.8) is 0 Å². The molecular weight excluding hydrogens is 454 g/mol. The van der Waals surface area contributed by atoms with Crippen LogP contribution >= 0.6 is 0 Å². The minimum atomic E-state index is -0.333. The average Bonchev–Trinajstić information content (AvgIpc) is 3.59. The van der Waals surface area contributed by atoms with E-state index in [1.807, 2.05) is 36.7 Å². The number of carbonyl (C=O) groups excluding carboxylic acids is 3. The van der Waals surface area contributed by atoms with Crippen molar-refractivity contribution in [3.8, 4) is 0 Å². The first kappa shape index (κ1) is 22.9. The highest BCUT2D eigenvalue weighted by Crippen LogP contribution is 2.52. The molecule has 0 spiro atoms. The third-order valence-electron chi connectivity index (χ3n) is 8.22. The van der Waals surface area contributed by atoms with Gasteiger partial charge in [-0.15, -0.1) is 0 Å². The number of hydrogen-bond acceptors (Lipinski definition) is 6. The maximum absolute atomic E-state index is 13.0. The van der Waals surface area contributed by atoms with Crippen LogP contribution in [0.5, 0.6) is 0 Å². The third-order valence-corrected chi connectivity index (χ3v) is 8.22. The molecule has 1 aromatic carbocycles. The van der Waals surface area contributed by atoms with E-state index in [1.165, 1.54) is 10.5 Å². The molecule has 1 N–H and O–H groups in total. The molecule has 2 saturated heterocycles.